The molecule has 0 bridgehead atoms. The van der Waals surface area contributed by atoms with Crippen molar-refractivity contribution < 1.29 is 0 Å². The highest BCUT2D eigenvalue weighted by Gasteiger charge is 2.12. The number of aromatic nitrogens is 2. The monoisotopic (exact) mass is 312 g/mol. The van der Waals surface area contributed by atoms with Gasteiger partial charge in [0.15, 0.2) is 4.96 Å². The quantitative estimate of drug-likeness (QED) is 0.789. The molecular weight excluding hydrogens is 292 g/mol. The van der Waals surface area contributed by atoms with E-state index < -0.39 is 0 Å². The van der Waals surface area contributed by atoms with Gasteiger partial charge in [-0.25, -0.2) is 4.98 Å². The van der Waals surface area contributed by atoms with E-state index in [1.807, 2.05) is 0 Å². The minimum atomic E-state index is 1.06. The molecule has 1 aliphatic heterocycles. The number of fused-ring (bicyclic) bond motifs is 1. The SMILES string of the molecule is Cc1sc2nc(-c3ccc(N4CCNCC4)cc3)cn2c1C. The second-order valence-corrected chi connectivity index (χ2v) is 6.99. The molecule has 22 heavy (non-hydrogen) atoms. The Bertz CT molecular complexity index is 794. The van der Waals surface area contributed by atoms with Gasteiger partial charge in [-0.15, -0.1) is 11.3 Å². The molecule has 0 saturated carbocycles. The number of thiazole rings is 1. The van der Waals surface area contributed by atoms with Crippen LogP contribution in [0.1, 0.15) is 10.6 Å². The van der Waals surface area contributed by atoms with Crippen LogP contribution in [0.2, 0.25) is 0 Å². The van der Waals surface area contributed by atoms with Gasteiger partial charge in [0.05, 0.1) is 5.69 Å². The number of piperazine rings is 1. The van der Waals surface area contributed by atoms with Crippen molar-refractivity contribution in [1.82, 2.24) is 14.7 Å². The summed E-state index contributed by atoms with van der Waals surface area (Å²) < 4.78 is 2.19. The lowest BCUT2D eigenvalue weighted by molar-refractivity contribution is 0.589. The molecule has 0 spiro atoms. The Morgan fingerprint density at radius 2 is 1.82 bits per heavy atom. The number of imidazole rings is 1. The van der Waals surface area contributed by atoms with Crippen molar-refractivity contribution in [2.75, 3.05) is 31.1 Å². The maximum Gasteiger partial charge on any atom is 0.194 e. The fourth-order valence-electron chi connectivity index (χ4n) is 2.96. The predicted molar refractivity (Wildman–Crippen MR) is 93.1 cm³/mol. The zero-order chi connectivity index (χ0) is 15.1. The van der Waals surface area contributed by atoms with E-state index in [4.69, 9.17) is 4.98 Å². The maximum atomic E-state index is 4.76. The van der Waals surface area contributed by atoms with Crippen LogP contribution in [-0.4, -0.2) is 35.6 Å². The molecule has 5 heteroatoms. The molecule has 1 saturated heterocycles. The lowest BCUT2D eigenvalue weighted by atomic mass is 10.1. The third-order valence-corrected chi connectivity index (χ3v) is 5.51. The summed E-state index contributed by atoms with van der Waals surface area (Å²) in [4.78, 5) is 9.61. The largest absolute Gasteiger partial charge is 0.369 e. The molecule has 1 aliphatic rings. The first kappa shape index (κ1) is 13.8. The molecule has 3 aromatic rings. The van der Waals surface area contributed by atoms with E-state index in [1.165, 1.54) is 21.8 Å². The van der Waals surface area contributed by atoms with Crippen LogP contribution in [0.5, 0.6) is 0 Å². The summed E-state index contributed by atoms with van der Waals surface area (Å²) in [5.41, 5.74) is 4.84. The molecule has 3 heterocycles. The van der Waals surface area contributed by atoms with Crippen molar-refractivity contribution in [3.8, 4) is 11.3 Å². The highest BCUT2D eigenvalue weighted by atomic mass is 32.1. The van der Waals surface area contributed by atoms with E-state index >= 15 is 0 Å². The molecule has 0 aliphatic carbocycles. The summed E-state index contributed by atoms with van der Waals surface area (Å²) in [6.45, 7) is 8.60. The summed E-state index contributed by atoms with van der Waals surface area (Å²) in [6, 6.07) is 8.80. The highest BCUT2D eigenvalue weighted by molar-refractivity contribution is 7.17. The molecule has 4 rings (SSSR count). The Balaban J connectivity index is 1.63. The van der Waals surface area contributed by atoms with Crippen molar-refractivity contribution in [3.05, 3.63) is 41.0 Å². The van der Waals surface area contributed by atoms with Crippen molar-refractivity contribution in [1.29, 1.82) is 0 Å². The summed E-state index contributed by atoms with van der Waals surface area (Å²) in [5.74, 6) is 0. The van der Waals surface area contributed by atoms with Crippen LogP contribution in [0.4, 0.5) is 5.69 Å². The second-order valence-electron chi connectivity index (χ2n) is 5.81. The Labute approximate surface area is 134 Å². The molecule has 0 amide bonds. The smallest absolute Gasteiger partial charge is 0.194 e. The zero-order valence-electron chi connectivity index (χ0n) is 13.0. The number of nitrogens with one attached hydrogen (secondary N) is 1. The van der Waals surface area contributed by atoms with Gasteiger partial charge in [0.1, 0.15) is 0 Å². The van der Waals surface area contributed by atoms with E-state index in [0.717, 1.165) is 36.8 Å². The number of hydrogen-bond donors (Lipinski definition) is 1. The molecule has 1 fully saturated rings. The fourth-order valence-corrected chi connectivity index (χ4v) is 3.91. The number of rotatable bonds is 2. The fraction of sp³-hybridized carbons (Fsp3) is 0.353. The Kier molecular flexibility index (Phi) is 3.39. The van der Waals surface area contributed by atoms with E-state index in [1.54, 1.807) is 11.3 Å². The predicted octanol–water partition coefficient (Wildman–Crippen LogP) is 3.09. The number of anilines is 1. The molecule has 4 nitrogen and oxygen atoms in total. The van der Waals surface area contributed by atoms with Crippen molar-refractivity contribution in [2.45, 2.75) is 13.8 Å². The second kappa shape index (κ2) is 5.41. The van der Waals surface area contributed by atoms with Gasteiger partial charge in [-0.1, -0.05) is 12.1 Å². The zero-order valence-corrected chi connectivity index (χ0v) is 13.8. The molecule has 0 radical (unpaired) electrons. The first-order chi connectivity index (χ1) is 10.7. The maximum absolute atomic E-state index is 4.76. The topological polar surface area (TPSA) is 32.6 Å². The van der Waals surface area contributed by atoms with Gasteiger partial charge < -0.3 is 10.2 Å². The van der Waals surface area contributed by atoms with Crippen molar-refractivity contribution in [2.24, 2.45) is 0 Å². The summed E-state index contributed by atoms with van der Waals surface area (Å²) in [7, 11) is 0. The molecular formula is C17H20N4S. The van der Waals surface area contributed by atoms with Crippen LogP contribution in [0, 0.1) is 13.8 Å². The normalized spacial score (nSPS) is 15.6. The molecule has 0 unspecified atom stereocenters. The Hall–Kier alpha value is -1.85. The average Bonchev–Trinajstić information content (AvgIpc) is 3.09. The first-order valence-corrected chi connectivity index (χ1v) is 8.55. The number of hydrogen-bond acceptors (Lipinski definition) is 4. The van der Waals surface area contributed by atoms with Crippen LogP contribution in [0.15, 0.2) is 30.5 Å². The standard InChI is InChI=1S/C17H20N4S/c1-12-13(2)22-17-19-16(11-21(12)17)14-3-5-15(6-4-14)20-9-7-18-8-10-20/h3-6,11,18H,7-10H2,1-2H3. The van der Waals surface area contributed by atoms with Gasteiger partial charge in [-0.2, -0.15) is 0 Å². The molecule has 114 valence electrons. The van der Waals surface area contributed by atoms with E-state index in [2.05, 4.69) is 58.9 Å². The van der Waals surface area contributed by atoms with Crippen molar-refractivity contribution in [3.63, 3.8) is 0 Å². The minimum absolute atomic E-state index is 1.06. The van der Waals surface area contributed by atoms with Crippen LogP contribution in [-0.2, 0) is 0 Å². The lowest BCUT2D eigenvalue weighted by Gasteiger charge is -2.29. The molecule has 1 aromatic carbocycles. The molecule has 0 atom stereocenters. The van der Waals surface area contributed by atoms with E-state index in [9.17, 15) is 0 Å². The van der Waals surface area contributed by atoms with Gasteiger partial charge in [-0.3, -0.25) is 4.40 Å². The van der Waals surface area contributed by atoms with Gasteiger partial charge in [0.25, 0.3) is 0 Å². The van der Waals surface area contributed by atoms with E-state index in [0.29, 0.717) is 0 Å². The Morgan fingerprint density at radius 1 is 1.09 bits per heavy atom. The summed E-state index contributed by atoms with van der Waals surface area (Å²) >= 11 is 1.76. The highest BCUT2D eigenvalue weighted by Crippen LogP contribution is 2.27. The van der Waals surface area contributed by atoms with Crippen LogP contribution < -0.4 is 10.2 Å². The first-order valence-electron chi connectivity index (χ1n) is 7.73. The van der Waals surface area contributed by atoms with Gasteiger partial charge >= 0.3 is 0 Å². The van der Waals surface area contributed by atoms with Gasteiger partial charge in [0.2, 0.25) is 0 Å². The van der Waals surface area contributed by atoms with Crippen LogP contribution >= 0.6 is 11.3 Å². The molecule has 1 N–H and O–H groups in total. The third-order valence-electron chi connectivity index (χ3n) is 4.43. The summed E-state index contributed by atoms with van der Waals surface area (Å²) in [6.07, 6.45) is 2.15. The number of benzene rings is 1. The van der Waals surface area contributed by atoms with Crippen molar-refractivity contribution >= 4 is 22.0 Å². The minimum Gasteiger partial charge on any atom is -0.369 e. The number of nitrogens with zero attached hydrogens (tertiary/aromatic N) is 3. The Morgan fingerprint density at radius 3 is 2.50 bits per heavy atom. The van der Waals surface area contributed by atoms with Gasteiger partial charge in [-0.05, 0) is 26.0 Å². The van der Waals surface area contributed by atoms with Crippen LogP contribution in [0.3, 0.4) is 0 Å². The number of aryl methyl sites for hydroxylation is 2. The van der Waals surface area contributed by atoms with Gasteiger partial charge in [0, 0.05) is 54.2 Å². The summed E-state index contributed by atoms with van der Waals surface area (Å²) in [5, 5.41) is 3.39. The third kappa shape index (κ3) is 2.30. The average molecular weight is 312 g/mol. The molecule has 2 aromatic heterocycles. The lowest BCUT2D eigenvalue weighted by Crippen LogP contribution is -2.43. The van der Waals surface area contributed by atoms with E-state index in [-0.39, 0.29) is 0 Å². The van der Waals surface area contributed by atoms with Crippen LogP contribution in [0.25, 0.3) is 16.2 Å².